The third-order valence-electron chi connectivity index (χ3n) is 2.71. The number of aliphatic hydroxyl groups excluding tert-OH is 6. The molecule has 0 saturated carbocycles. The Morgan fingerprint density at radius 1 is 0.706 bits per heavy atom. The molecule has 0 rings (SSSR count). The van der Waals surface area contributed by atoms with Crippen LogP contribution < -0.4 is 0 Å². The largest absolute Gasteiger partial charge is 0.396 e. The van der Waals surface area contributed by atoms with Crippen LogP contribution in [0.1, 0.15) is 1.37 Å². The Morgan fingerprint density at radius 2 is 1.06 bits per heavy atom. The highest BCUT2D eigenvalue weighted by atomic mass is 16.5. The van der Waals surface area contributed by atoms with Crippen LogP contribution in [0.25, 0.3) is 0 Å². The molecule has 1 atom stereocenters. The first-order valence-corrected chi connectivity index (χ1v) is 5.18. The smallest absolute Gasteiger partial charge is 0.0629 e. The second kappa shape index (κ2) is 7.93. The molecule has 0 aromatic carbocycles. The highest BCUT2D eigenvalue weighted by Crippen LogP contribution is 2.19. The van der Waals surface area contributed by atoms with Crippen molar-refractivity contribution >= 4 is 0 Å². The van der Waals surface area contributed by atoms with E-state index in [1.54, 1.807) is 0 Å². The zero-order valence-electron chi connectivity index (χ0n) is 10.6. The molecule has 0 bridgehead atoms. The summed E-state index contributed by atoms with van der Waals surface area (Å²) in [6.07, 6.45) is 0. The van der Waals surface area contributed by atoms with Crippen molar-refractivity contribution in [3.63, 3.8) is 0 Å². The summed E-state index contributed by atoms with van der Waals surface area (Å²) in [6, 6.07) is 0. The summed E-state index contributed by atoms with van der Waals surface area (Å²) < 4.78 is 12.3. The van der Waals surface area contributed by atoms with Crippen molar-refractivity contribution in [2.24, 2.45) is 10.8 Å². The second-order valence-electron chi connectivity index (χ2n) is 4.27. The van der Waals surface area contributed by atoms with Crippen LogP contribution in [0, 0.1) is 10.8 Å². The molecule has 7 nitrogen and oxygen atoms in total. The predicted molar refractivity (Wildman–Crippen MR) is 58.2 cm³/mol. The van der Waals surface area contributed by atoms with Gasteiger partial charge in [-0.1, -0.05) is 0 Å². The van der Waals surface area contributed by atoms with Gasteiger partial charge in [0.2, 0.25) is 0 Å². The molecule has 0 aliphatic rings. The van der Waals surface area contributed by atoms with E-state index in [1.807, 2.05) is 0 Å². The van der Waals surface area contributed by atoms with Crippen LogP contribution in [-0.2, 0) is 4.74 Å². The maximum absolute atomic E-state index is 9.18. The normalized spacial score (nSPS) is 15.8. The minimum Gasteiger partial charge on any atom is -0.396 e. The van der Waals surface area contributed by atoms with E-state index in [-0.39, 0.29) is 13.2 Å². The van der Waals surface area contributed by atoms with E-state index in [0.29, 0.717) is 0 Å². The Labute approximate surface area is 101 Å². The Balaban J connectivity index is 4.46. The molecule has 0 aromatic rings. The fourth-order valence-electron chi connectivity index (χ4n) is 1.02. The molecule has 0 aliphatic heterocycles. The van der Waals surface area contributed by atoms with Crippen LogP contribution in [0.2, 0.25) is 0 Å². The summed E-state index contributed by atoms with van der Waals surface area (Å²) in [6.45, 7) is -5.13. The molecule has 17 heavy (non-hydrogen) atoms. The molecule has 0 spiro atoms. The van der Waals surface area contributed by atoms with Crippen LogP contribution in [0.4, 0.5) is 0 Å². The molecule has 7 heteroatoms. The standard InChI is InChI=1S/C10H22O7/c11-1-9(2-12,3-13)7-17-8-10(4-14,5-15)6-16/h11-16H,1-8H2/i1D. The number of hydrogen-bond donors (Lipinski definition) is 6. The third kappa shape index (κ3) is 4.47. The highest BCUT2D eigenvalue weighted by molar-refractivity contribution is 4.80. The SMILES string of the molecule is [2H]C(O)C(CO)(CO)COCC(CO)(CO)CO. The van der Waals surface area contributed by atoms with Crippen LogP contribution in [0.3, 0.4) is 0 Å². The van der Waals surface area contributed by atoms with Crippen molar-refractivity contribution < 1.29 is 36.7 Å². The third-order valence-corrected chi connectivity index (χ3v) is 2.71. The topological polar surface area (TPSA) is 131 Å². The lowest BCUT2D eigenvalue weighted by atomic mass is 9.91. The van der Waals surface area contributed by atoms with Gasteiger partial charge in [-0.15, -0.1) is 0 Å². The first kappa shape index (κ1) is 14.8. The van der Waals surface area contributed by atoms with E-state index in [1.165, 1.54) is 0 Å². The zero-order chi connectivity index (χ0) is 14.2. The molecule has 0 heterocycles. The Morgan fingerprint density at radius 3 is 1.35 bits per heavy atom. The van der Waals surface area contributed by atoms with Gasteiger partial charge in [0.1, 0.15) is 0 Å². The van der Waals surface area contributed by atoms with Crippen LogP contribution >= 0.6 is 0 Å². The van der Waals surface area contributed by atoms with E-state index >= 15 is 0 Å². The molecular formula is C10H22O7. The maximum atomic E-state index is 9.18. The first-order valence-electron chi connectivity index (χ1n) is 5.76. The molecule has 1 unspecified atom stereocenters. The number of hydrogen-bond acceptors (Lipinski definition) is 7. The van der Waals surface area contributed by atoms with Gasteiger partial charge in [-0.25, -0.2) is 0 Å². The van der Waals surface area contributed by atoms with Crippen LogP contribution in [0.5, 0.6) is 0 Å². The number of rotatable bonds is 10. The summed E-state index contributed by atoms with van der Waals surface area (Å²) in [5, 5.41) is 54.5. The molecule has 104 valence electrons. The van der Waals surface area contributed by atoms with Gasteiger partial charge >= 0.3 is 0 Å². The quantitative estimate of drug-likeness (QED) is 0.244. The summed E-state index contributed by atoms with van der Waals surface area (Å²) in [4.78, 5) is 0. The maximum Gasteiger partial charge on any atom is 0.0629 e. The Kier molecular flexibility index (Phi) is 6.90. The van der Waals surface area contributed by atoms with Gasteiger partial charge in [0, 0.05) is 0 Å². The minimum absolute atomic E-state index is 0.231. The lowest BCUT2D eigenvalue weighted by Gasteiger charge is -2.31. The molecule has 0 aromatic heterocycles. The van der Waals surface area contributed by atoms with Gasteiger partial charge in [-0.2, -0.15) is 0 Å². The molecule has 0 amide bonds. The highest BCUT2D eigenvalue weighted by Gasteiger charge is 2.32. The van der Waals surface area contributed by atoms with Gasteiger partial charge in [-0.3, -0.25) is 0 Å². The van der Waals surface area contributed by atoms with Gasteiger partial charge in [0.05, 0.1) is 65.0 Å². The predicted octanol–water partition coefficient (Wildman–Crippen LogP) is -3.07. The number of aliphatic hydroxyl groups is 6. The van der Waals surface area contributed by atoms with E-state index in [9.17, 15) is 5.11 Å². The van der Waals surface area contributed by atoms with Gasteiger partial charge in [-0.05, 0) is 0 Å². The van der Waals surface area contributed by atoms with Gasteiger partial charge < -0.3 is 35.4 Å². The first-order chi connectivity index (χ1) is 8.45. The van der Waals surface area contributed by atoms with Gasteiger partial charge in [0.25, 0.3) is 0 Å². The van der Waals surface area contributed by atoms with Crippen LogP contribution in [0.15, 0.2) is 0 Å². The Bertz CT molecular complexity index is 208. The average Bonchev–Trinajstić information content (AvgIpc) is 2.40. The molecular weight excluding hydrogens is 232 g/mol. The minimum atomic E-state index is -1.74. The van der Waals surface area contributed by atoms with Crippen molar-refractivity contribution in [3.8, 4) is 0 Å². The zero-order valence-corrected chi connectivity index (χ0v) is 9.62. The fraction of sp³-hybridized carbons (Fsp3) is 1.00. The lowest BCUT2D eigenvalue weighted by Crippen LogP contribution is -2.43. The van der Waals surface area contributed by atoms with Crippen molar-refractivity contribution in [1.29, 1.82) is 0 Å². The summed E-state index contributed by atoms with van der Waals surface area (Å²) >= 11 is 0. The van der Waals surface area contributed by atoms with Crippen molar-refractivity contribution in [3.05, 3.63) is 0 Å². The molecule has 0 radical (unpaired) electrons. The average molecular weight is 255 g/mol. The lowest BCUT2D eigenvalue weighted by molar-refractivity contribution is -0.103. The monoisotopic (exact) mass is 255 g/mol. The summed E-state index contributed by atoms with van der Waals surface area (Å²) in [7, 11) is 0. The van der Waals surface area contributed by atoms with E-state index in [2.05, 4.69) is 0 Å². The van der Waals surface area contributed by atoms with E-state index < -0.39 is 50.4 Å². The second-order valence-corrected chi connectivity index (χ2v) is 4.27. The van der Waals surface area contributed by atoms with Crippen molar-refractivity contribution in [2.45, 2.75) is 0 Å². The Hall–Kier alpha value is -0.280. The summed E-state index contributed by atoms with van der Waals surface area (Å²) in [5.41, 5.74) is -2.77. The molecule has 6 N–H and O–H groups in total. The number of ether oxygens (including phenoxy) is 1. The van der Waals surface area contributed by atoms with Crippen molar-refractivity contribution in [2.75, 3.05) is 52.8 Å². The van der Waals surface area contributed by atoms with Crippen molar-refractivity contribution in [1.82, 2.24) is 0 Å². The van der Waals surface area contributed by atoms with Gasteiger partial charge in [0.15, 0.2) is 0 Å². The molecule has 0 aliphatic carbocycles. The van der Waals surface area contributed by atoms with E-state index in [4.69, 9.17) is 31.6 Å². The molecule has 0 fully saturated rings. The fourth-order valence-corrected chi connectivity index (χ4v) is 1.02. The summed E-state index contributed by atoms with van der Waals surface area (Å²) in [5.74, 6) is 0. The molecule has 0 saturated heterocycles. The van der Waals surface area contributed by atoms with E-state index in [0.717, 1.165) is 0 Å². The van der Waals surface area contributed by atoms with Crippen LogP contribution in [-0.4, -0.2) is 83.5 Å².